The first-order valence-electron chi connectivity index (χ1n) is 11.5. The number of terminal acetylenes is 1. The van der Waals surface area contributed by atoms with Gasteiger partial charge in [0.15, 0.2) is 0 Å². The summed E-state index contributed by atoms with van der Waals surface area (Å²) in [7, 11) is 2.92. The maximum atomic E-state index is 14.2. The molecule has 0 saturated carbocycles. The minimum Gasteiger partial charge on any atom is -0.462 e. The number of hydrogen-bond donors (Lipinski definition) is 0. The van der Waals surface area contributed by atoms with Gasteiger partial charge in [-0.25, -0.2) is 14.0 Å². The minimum absolute atomic E-state index is 0.00370. The van der Waals surface area contributed by atoms with Gasteiger partial charge in [-0.3, -0.25) is 4.79 Å². The van der Waals surface area contributed by atoms with Crippen molar-refractivity contribution in [1.82, 2.24) is 9.80 Å². The molecule has 0 aromatic heterocycles. The van der Waals surface area contributed by atoms with E-state index in [4.69, 9.17) is 20.6 Å². The molecular weight excluding hydrogens is 467 g/mol. The van der Waals surface area contributed by atoms with Crippen molar-refractivity contribution >= 4 is 28.9 Å². The Hall–Kier alpha value is -3.80. The van der Waals surface area contributed by atoms with Crippen LogP contribution in [-0.4, -0.2) is 67.3 Å². The predicted octanol–water partition coefficient (Wildman–Crippen LogP) is 4.92. The van der Waals surface area contributed by atoms with E-state index in [2.05, 4.69) is 5.92 Å². The van der Waals surface area contributed by atoms with E-state index in [0.717, 1.165) is 10.5 Å². The van der Waals surface area contributed by atoms with Crippen LogP contribution in [0.5, 0.6) is 5.75 Å². The van der Waals surface area contributed by atoms with Crippen LogP contribution in [0.25, 0.3) is 10.8 Å². The molecule has 0 heterocycles. The lowest BCUT2D eigenvalue weighted by atomic mass is 9.92. The summed E-state index contributed by atoms with van der Waals surface area (Å²) in [6.07, 6.45) is 4.23. The average Bonchev–Trinajstić information content (AvgIpc) is 2.77. The zero-order valence-corrected chi connectivity index (χ0v) is 21.8. The van der Waals surface area contributed by atoms with E-state index < -0.39 is 29.6 Å². The lowest BCUT2D eigenvalue weighted by Crippen LogP contribution is -2.38. The number of hydrogen-bond acceptors (Lipinski definition) is 6. The molecular formula is C27H33FN2O6. The van der Waals surface area contributed by atoms with Gasteiger partial charge in [0.05, 0.1) is 12.1 Å². The molecule has 9 heteroatoms. The van der Waals surface area contributed by atoms with Gasteiger partial charge in [0, 0.05) is 19.5 Å². The molecule has 0 bridgehead atoms. The van der Waals surface area contributed by atoms with E-state index >= 15 is 0 Å². The number of benzene rings is 2. The molecule has 2 rings (SSSR count). The first-order chi connectivity index (χ1) is 16.7. The molecule has 2 aromatic carbocycles. The Labute approximate surface area is 211 Å². The number of carbonyl (C=O) groups is 3. The number of rotatable bonds is 7. The van der Waals surface area contributed by atoms with Crippen molar-refractivity contribution in [3.63, 3.8) is 0 Å². The molecule has 0 N–H and O–H groups in total. The number of ether oxygens (including phenoxy) is 3. The van der Waals surface area contributed by atoms with Crippen molar-refractivity contribution in [3.8, 4) is 18.1 Å². The Bertz CT molecular complexity index is 1180. The molecule has 36 heavy (non-hydrogen) atoms. The summed E-state index contributed by atoms with van der Waals surface area (Å²) in [5.41, 5.74) is 0.248. The molecule has 0 aliphatic rings. The monoisotopic (exact) mass is 500 g/mol. The maximum absolute atomic E-state index is 14.2. The predicted molar refractivity (Wildman–Crippen MR) is 134 cm³/mol. The zero-order valence-electron chi connectivity index (χ0n) is 21.8. The number of nitrogens with zero attached hydrogens (tertiary/aromatic N) is 2. The largest absolute Gasteiger partial charge is 0.462 e. The molecule has 8 nitrogen and oxygen atoms in total. The van der Waals surface area contributed by atoms with Crippen LogP contribution in [0, 0.1) is 18.2 Å². The van der Waals surface area contributed by atoms with Gasteiger partial charge >= 0.3 is 18.2 Å². The molecule has 2 amide bonds. The summed E-state index contributed by atoms with van der Waals surface area (Å²) >= 11 is 0. The number of carbonyl (C=O) groups excluding carboxylic acids is 3. The van der Waals surface area contributed by atoms with Crippen molar-refractivity contribution in [2.24, 2.45) is 0 Å². The molecule has 194 valence electrons. The van der Waals surface area contributed by atoms with Gasteiger partial charge in [0.1, 0.15) is 30.3 Å². The van der Waals surface area contributed by atoms with Crippen LogP contribution in [0.3, 0.4) is 0 Å². The van der Waals surface area contributed by atoms with Crippen LogP contribution in [0.4, 0.5) is 14.0 Å². The Morgan fingerprint density at radius 2 is 1.75 bits per heavy atom. The average molecular weight is 501 g/mol. The number of esters is 1. The number of halogens is 1. The van der Waals surface area contributed by atoms with E-state index in [1.54, 1.807) is 39.0 Å². The second-order valence-corrected chi connectivity index (χ2v) is 9.68. The van der Waals surface area contributed by atoms with Crippen LogP contribution in [0.15, 0.2) is 24.3 Å². The van der Waals surface area contributed by atoms with Gasteiger partial charge in [0.25, 0.3) is 0 Å². The Morgan fingerprint density at radius 1 is 1.08 bits per heavy atom. The van der Waals surface area contributed by atoms with Crippen LogP contribution >= 0.6 is 0 Å². The lowest BCUT2D eigenvalue weighted by molar-refractivity contribution is -0.144. The summed E-state index contributed by atoms with van der Waals surface area (Å²) in [6.45, 7) is 8.73. The summed E-state index contributed by atoms with van der Waals surface area (Å²) in [5.74, 6) is 1.57. The van der Waals surface area contributed by atoms with Gasteiger partial charge in [-0.1, -0.05) is 25.8 Å². The summed E-state index contributed by atoms with van der Waals surface area (Å²) < 4.78 is 30.0. The number of fused-ring (bicyclic) bond motifs is 1. The molecule has 0 spiro atoms. The highest BCUT2D eigenvalue weighted by atomic mass is 19.1. The highest BCUT2D eigenvalue weighted by molar-refractivity contribution is 5.93. The second kappa shape index (κ2) is 11.8. The van der Waals surface area contributed by atoms with Gasteiger partial charge in [0.2, 0.25) is 0 Å². The van der Waals surface area contributed by atoms with Crippen molar-refractivity contribution in [1.29, 1.82) is 0 Å². The molecule has 0 aliphatic heterocycles. The Kier molecular flexibility index (Phi) is 9.29. The third-order valence-electron chi connectivity index (χ3n) is 5.12. The van der Waals surface area contributed by atoms with Crippen molar-refractivity contribution in [2.75, 3.05) is 33.8 Å². The van der Waals surface area contributed by atoms with E-state index in [-0.39, 0.29) is 36.9 Å². The van der Waals surface area contributed by atoms with Gasteiger partial charge in [-0.2, -0.15) is 0 Å². The molecule has 0 aliphatic carbocycles. The van der Waals surface area contributed by atoms with Crippen molar-refractivity contribution < 1.29 is 33.0 Å². The Balaban J connectivity index is 1.98. The molecule has 0 saturated heterocycles. The van der Waals surface area contributed by atoms with E-state index in [1.165, 1.54) is 25.1 Å². The fourth-order valence-electron chi connectivity index (χ4n) is 3.31. The summed E-state index contributed by atoms with van der Waals surface area (Å²) in [4.78, 5) is 38.9. The first kappa shape index (κ1) is 28.4. The van der Waals surface area contributed by atoms with Gasteiger partial charge in [-0.15, -0.1) is 6.42 Å². The van der Waals surface area contributed by atoms with E-state index in [1.807, 2.05) is 13.8 Å². The van der Waals surface area contributed by atoms with E-state index in [9.17, 15) is 18.8 Å². The Morgan fingerprint density at radius 3 is 2.33 bits per heavy atom. The van der Waals surface area contributed by atoms with Crippen LogP contribution in [0.1, 0.15) is 51.7 Å². The smallest absolute Gasteiger partial charge is 0.415 e. The summed E-state index contributed by atoms with van der Waals surface area (Å²) in [5, 5.41) is 1.27. The van der Waals surface area contributed by atoms with Crippen molar-refractivity contribution in [2.45, 2.75) is 46.1 Å². The van der Waals surface area contributed by atoms with E-state index in [0.29, 0.717) is 10.8 Å². The maximum Gasteiger partial charge on any atom is 0.415 e. The SMILES string of the molecule is C#Cc1c(F)ccc2cc(OC(=O)N(C)CCOC(=O)CN(C)C(=O)OC(C)(C)C)cc(C(C)C)c12. The number of likely N-dealkylation sites (N-methyl/N-ethyl adjacent to an activating group) is 2. The highest BCUT2D eigenvalue weighted by Crippen LogP contribution is 2.34. The second-order valence-electron chi connectivity index (χ2n) is 9.68. The molecule has 0 radical (unpaired) electrons. The standard InChI is InChI=1S/C27H33FN2O6/c1-9-20-22(28)11-10-18-14-19(15-21(17(2)3)24(18)20)35-25(32)29(7)12-13-34-23(31)16-30(8)26(33)36-27(4,5)6/h1,10-11,14-15,17H,12-13,16H2,2-8H3. The molecule has 0 fully saturated rings. The molecule has 2 aromatic rings. The first-order valence-corrected chi connectivity index (χ1v) is 11.5. The van der Waals surface area contributed by atoms with Crippen LogP contribution in [0.2, 0.25) is 0 Å². The third-order valence-corrected chi connectivity index (χ3v) is 5.12. The van der Waals surface area contributed by atoms with Crippen LogP contribution < -0.4 is 4.74 Å². The lowest BCUT2D eigenvalue weighted by Gasteiger charge is -2.24. The molecule has 0 unspecified atom stereocenters. The highest BCUT2D eigenvalue weighted by Gasteiger charge is 2.22. The zero-order chi connectivity index (χ0) is 27.2. The topological polar surface area (TPSA) is 85.4 Å². The van der Waals surface area contributed by atoms with Crippen molar-refractivity contribution in [3.05, 3.63) is 41.2 Å². The van der Waals surface area contributed by atoms with Gasteiger partial charge < -0.3 is 24.0 Å². The fourth-order valence-corrected chi connectivity index (χ4v) is 3.31. The minimum atomic E-state index is -0.681. The van der Waals surface area contributed by atoms with Crippen LogP contribution in [-0.2, 0) is 14.3 Å². The quantitative estimate of drug-likeness (QED) is 0.396. The third kappa shape index (κ3) is 7.60. The fraction of sp³-hybridized carbons (Fsp3) is 0.444. The summed E-state index contributed by atoms with van der Waals surface area (Å²) in [6, 6.07) is 6.17. The van der Waals surface area contributed by atoms with Gasteiger partial charge in [-0.05, 0) is 55.8 Å². The number of amides is 2. The molecule has 0 atom stereocenters. The normalized spacial score (nSPS) is 11.1.